The molecule has 2 aromatic carbocycles. The minimum absolute atomic E-state index is 0.106. The molecular weight excluding hydrogens is 280 g/mol. The minimum Gasteiger partial charge on any atom is -0.506 e. The van der Waals surface area contributed by atoms with Crippen molar-refractivity contribution >= 4 is 23.2 Å². The largest absolute Gasteiger partial charge is 0.506 e. The zero-order valence-corrected chi connectivity index (χ0v) is 12.5. The van der Waals surface area contributed by atoms with Crippen LogP contribution in [-0.2, 0) is 4.79 Å². The lowest BCUT2D eigenvalue weighted by Crippen LogP contribution is -2.17. The number of anilines is 2. The summed E-state index contributed by atoms with van der Waals surface area (Å²) >= 11 is 0. The van der Waals surface area contributed by atoms with Gasteiger partial charge in [-0.2, -0.15) is 0 Å². The summed E-state index contributed by atoms with van der Waals surface area (Å²) in [5.74, 6) is -0.708. The summed E-state index contributed by atoms with van der Waals surface area (Å²) in [6.07, 6.45) is 0. The van der Waals surface area contributed by atoms with Crippen molar-refractivity contribution in [1.29, 1.82) is 0 Å². The van der Waals surface area contributed by atoms with Crippen LogP contribution in [0.25, 0.3) is 0 Å². The first-order valence-corrected chi connectivity index (χ1v) is 6.97. The molecule has 0 aliphatic heterocycles. The quantitative estimate of drug-likeness (QED) is 0.758. The number of rotatable bonds is 4. The van der Waals surface area contributed by atoms with E-state index in [4.69, 9.17) is 0 Å². The highest BCUT2D eigenvalue weighted by Gasteiger charge is 2.11. The van der Waals surface area contributed by atoms with Crippen LogP contribution in [0.4, 0.5) is 11.4 Å². The number of carbonyl (C=O) groups is 2. The molecule has 0 aliphatic carbocycles. The van der Waals surface area contributed by atoms with Crippen LogP contribution < -0.4 is 10.6 Å². The smallest absolute Gasteiger partial charge is 0.255 e. The Morgan fingerprint density at radius 2 is 1.68 bits per heavy atom. The van der Waals surface area contributed by atoms with Gasteiger partial charge in [-0.15, -0.1) is 0 Å². The summed E-state index contributed by atoms with van der Waals surface area (Å²) in [6.45, 7) is 3.56. The van der Waals surface area contributed by atoms with E-state index in [9.17, 15) is 14.7 Å². The highest BCUT2D eigenvalue weighted by Crippen LogP contribution is 2.27. The Kier molecular flexibility index (Phi) is 4.78. The highest BCUT2D eigenvalue weighted by atomic mass is 16.3. The van der Waals surface area contributed by atoms with Crippen LogP contribution in [0.3, 0.4) is 0 Å². The van der Waals surface area contributed by atoms with Crippen LogP contribution in [0.1, 0.15) is 24.2 Å². The Labute approximate surface area is 129 Å². The Morgan fingerprint density at radius 3 is 2.27 bits per heavy atom. The second-order valence-electron chi connectivity index (χ2n) is 5.20. The molecule has 0 saturated heterocycles. The molecule has 0 unspecified atom stereocenters. The van der Waals surface area contributed by atoms with Crippen molar-refractivity contribution in [3.05, 3.63) is 54.1 Å². The van der Waals surface area contributed by atoms with Gasteiger partial charge >= 0.3 is 0 Å². The molecule has 0 aromatic heterocycles. The minimum atomic E-state index is -0.310. The number of hydrogen-bond acceptors (Lipinski definition) is 3. The number of aromatic hydroxyl groups is 1. The summed E-state index contributed by atoms with van der Waals surface area (Å²) in [4.78, 5) is 23.6. The molecule has 2 aromatic rings. The normalized spacial score (nSPS) is 10.3. The molecule has 2 amide bonds. The number of amides is 2. The van der Waals surface area contributed by atoms with Crippen molar-refractivity contribution in [2.75, 3.05) is 10.6 Å². The van der Waals surface area contributed by atoms with Gasteiger partial charge in [-0.25, -0.2) is 0 Å². The molecule has 0 aliphatic rings. The van der Waals surface area contributed by atoms with E-state index in [1.165, 1.54) is 6.07 Å². The number of phenolic OH excluding ortho intramolecular Hbond substituents is 1. The number of benzene rings is 2. The van der Waals surface area contributed by atoms with Crippen molar-refractivity contribution in [2.24, 2.45) is 5.92 Å². The summed E-state index contributed by atoms with van der Waals surface area (Å²) in [5.41, 5.74) is 1.27. The van der Waals surface area contributed by atoms with Gasteiger partial charge in [0.2, 0.25) is 5.91 Å². The topological polar surface area (TPSA) is 78.4 Å². The van der Waals surface area contributed by atoms with Gasteiger partial charge < -0.3 is 15.7 Å². The van der Waals surface area contributed by atoms with Crippen LogP contribution in [0.2, 0.25) is 0 Å². The highest BCUT2D eigenvalue weighted by molar-refractivity contribution is 6.05. The Balaban J connectivity index is 2.10. The molecule has 0 bridgehead atoms. The van der Waals surface area contributed by atoms with Gasteiger partial charge in [0.25, 0.3) is 5.91 Å². The predicted molar refractivity (Wildman–Crippen MR) is 86.0 cm³/mol. The van der Waals surface area contributed by atoms with Gasteiger partial charge in [-0.3, -0.25) is 9.59 Å². The molecule has 0 radical (unpaired) electrons. The van der Waals surface area contributed by atoms with Crippen LogP contribution >= 0.6 is 0 Å². The fraction of sp³-hybridized carbons (Fsp3) is 0.176. The zero-order valence-electron chi connectivity index (χ0n) is 12.5. The first-order chi connectivity index (χ1) is 10.5. The zero-order chi connectivity index (χ0) is 16.1. The van der Waals surface area contributed by atoms with Crippen molar-refractivity contribution in [3.8, 4) is 5.75 Å². The van der Waals surface area contributed by atoms with E-state index >= 15 is 0 Å². The first kappa shape index (κ1) is 15.6. The molecule has 5 nitrogen and oxygen atoms in total. The van der Waals surface area contributed by atoms with Crippen molar-refractivity contribution in [3.63, 3.8) is 0 Å². The maximum atomic E-state index is 12.0. The summed E-state index contributed by atoms with van der Waals surface area (Å²) in [5, 5.41) is 15.3. The van der Waals surface area contributed by atoms with Crippen LogP contribution in [0.5, 0.6) is 5.75 Å². The molecule has 0 spiro atoms. The molecule has 5 heteroatoms. The third-order valence-electron chi connectivity index (χ3n) is 3.07. The lowest BCUT2D eigenvalue weighted by molar-refractivity contribution is -0.118. The molecule has 0 atom stereocenters. The van der Waals surface area contributed by atoms with Crippen LogP contribution in [0.15, 0.2) is 48.5 Å². The molecule has 22 heavy (non-hydrogen) atoms. The lowest BCUT2D eigenvalue weighted by Gasteiger charge is -2.11. The van der Waals surface area contributed by atoms with Crippen molar-refractivity contribution in [2.45, 2.75) is 13.8 Å². The molecular formula is C17H18N2O3. The van der Waals surface area contributed by atoms with E-state index in [1.807, 2.05) is 6.07 Å². The van der Waals surface area contributed by atoms with Gasteiger partial charge in [-0.05, 0) is 24.3 Å². The van der Waals surface area contributed by atoms with E-state index < -0.39 is 0 Å². The Morgan fingerprint density at radius 1 is 1.00 bits per heavy atom. The van der Waals surface area contributed by atoms with E-state index in [0.717, 1.165) is 0 Å². The fourth-order valence-electron chi connectivity index (χ4n) is 1.79. The standard InChI is InChI=1S/C17H18N2O3/c1-11(2)16(21)18-13-8-9-14(15(20)10-13)19-17(22)12-6-4-3-5-7-12/h3-11,20H,1-2H3,(H,18,21)(H,19,22). The van der Waals surface area contributed by atoms with E-state index in [1.54, 1.807) is 50.2 Å². The van der Waals surface area contributed by atoms with Gasteiger partial charge in [0.15, 0.2) is 0 Å². The predicted octanol–water partition coefficient (Wildman–Crippen LogP) is 3.24. The second-order valence-corrected chi connectivity index (χ2v) is 5.20. The van der Waals surface area contributed by atoms with Gasteiger partial charge in [0, 0.05) is 23.2 Å². The Bertz CT molecular complexity index is 682. The third kappa shape index (κ3) is 3.85. The lowest BCUT2D eigenvalue weighted by atomic mass is 10.2. The summed E-state index contributed by atoms with van der Waals surface area (Å²) in [6, 6.07) is 13.3. The average Bonchev–Trinajstić information content (AvgIpc) is 2.50. The van der Waals surface area contributed by atoms with Crippen molar-refractivity contribution < 1.29 is 14.7 Å². The van der Waals surface area contributed by atoms with Crippen LogP contribution in [-0.4, -0.2) is 16.9 Å². The Hall–Kier alpha value is -2.82. The monoisotopic (exact) mass is 298 g/mol. The van der Waals surface area contributed by atoms with Gasteiger partial charge in [0.1, 0.15) is 5.75 Å². The molecule has 2 rings (SSSR count). The summed E-state index contributed by atoms with van der Waals surface area (Å²) < 4.78 is 0. The maximum absolute atomic E-state index is 12.0. The third-order valence-corrected chi connectivity index (χ3v) is 3.07. The van der Waals surface area contributed by atoms with E-state index in [-0.39, 0.29) is 29.2 Å². The SMILES string of the molecule is CC(C)C(=O)Nc1ccc(NC(=O)c2ccccc2)c(O)c1. The van der Waals surface area contributed by atoms with Gasteiger partial charge in [0.05, 0.1) is 5.69 Å². The number of nitrogens with one attached hydrogen (secondary N) is 2. The maximum Gasteiger partial charge on any atom is 0.255 e. The molecule has 0 fully saturated rings. The van der Waals surface area contributed by atoms with Crippen molar-refractivity contribution in [1.82, 2.24) is 0 Å². The number of phenols is 1. The fourth-order valence-corrected chi connectivity index (χ4v) is 1.79. The molecule has 3 N–H and O–H groups in total. The number of hydrogen-bond donors (Lipinski definition) is 3. The van der Waals surface area contributed by atoms with E-state index in [0.29, 0.717) is 11.3 Å². The second kappa shape index (κ2) is 6.76. The molecule has 0 heterocycles. The summed E-state index contributed by atoms with van der Waals surface area (Å²) in [7, 11) is 0. The van der Waals surface area contributed by atoms with Crippen LogP contribution in [0, 0.1) is 5.92 Å². The molecule has 114 valence electrons. The average molecular weight is 298 g/mol. The van der Waals surface area contributed by atoms with Gasteiger partial charge in [-0.1, -0.05) is 32.0 Å². The first-order valence-electron chi connectivity index (χ1n) is 6.97. The number of carbonyl (C=O) groups excluding carboxylic acids is 2. The molecule has 0 saturated carbocycles. The van der Waals surface area contributed by atoms with E-state index in [2.05, 4.69) is 10.6 Å².